The molecule has 0 rings (SSSR count). The zero-order valence-electron chi connectivity index (χ0n) is 8.25. The third-order valence-electron chi connectivity index (χ3n) is 1.61. The first-order valence-electron chi connectivity index (χ1n) is 4.45. The Morgan fingerprint density at radius 3 is 2.62 bits per heavy atom. The number of amides is 1. The van der Waals surface area contributed by atoms with Gasteiger partial charge in [0.2, 0.25) is 5.91 Å². The van der Waals surface area contributed by atoms with Crippen molar-refractivity contribution in [3.63, 3.8) is 0 Å². The summed E-state index contributed by atoms with van der Waals surface area (Å²) in [6, 6.07) is -0.617. The van der Waals surface area contributed by atoms with Crippen LogP contribution in [0.4, 0.5) is 0 Å². The van der Waals surface area contributed by atoms with Crippen molar-refractivity contribution in [2.75, 3.05) is 19.7 Å². The lowest BCUT2D eigenvalue weighted by Crippen LogP contribution is -2.45. The van der Waals surface area contributed by atoms with Gasteiger partial charge in [0.25, 0.3) is 0 Å². The highest BCUT2D eigenvalue weighted by Gasteiger charge is 2.08. The first kappa shape index (κ1) is 12.3. The third-order valence-corrected chi connectivity index (χ3v) is 1.61. The van der Waals surface area contributed by atoms with Gasteiger partial charge in [-0.2, -0.15) is 0 Å². The van der Waals surface area contributed by atoms with E-state index >= 15 is 0 Å². The van der Waals surface area contributed by atoms with Crippen LogP contribution in [0.1, 0.15) is 13.8 Å². The number of hydrogen-bond donors (Lipinski definition) is 3. The maximum Gasteiger partial charge on any atom is 0.235 e. The Morgan fingerprint density at radius 2 is 2.15 bits per heavy atom. The van der Waals surface area contributed by atoms with Crippen LogP contribution in [-0.4, -0.2) is 37.7 Å². The molecule has 78 valence electrons. The molecule has 2 atom stereocenters. The summed E-state index contributed by atoms with van der Waals surface area (Å²) < 4.78 is 5.26. The summed E-state index contributed by atoms with van der Waals surface area (Å²) in [7, 11) is 0. The number of nitrogens with two attached hydrogens (primary N) is 2. The Kier molecular flexibility index (Phi) is 6.48. The fraction of sp³-hybridized carbons (Fsp3) is 0.875. The molecule has 13 heavy (non-hydrogen) atoms. The summed E-state index contributed by atoms with van der Waals surface area (Å²) in [6.07, 6.45) is 0.130. The fourth-order valence-electron chi connectivity index (χ4n) is 0.886. The maximum absolute atomic E-state index is 10.5. The molecule has 2 unspecified atom stereocenters. The van der Waals surface area contributed by atoms with Crippen LogP contribution in [0.3, 0.4) is 0 Å². The van der Waals surface area contributed by atoms with Crippen molar-refractivity contribution in [2.24, 2.45) is 11.5 Å². The lowest BCUT2D eigenvalue weighted by Gasteiger charge is -2.14. The standard InChI is InChI=1S/C8H19N3O2/c1-3-13-6(2)4-11-5-7(9)8(10)12/h6-7,11H,3-5,9H2,1-2H3,(H2,10,12). The van der Waals surface area contributed by atoms with Gasteiger partial charge in [0, 0.05) is 19.7 Å². The van der Waals surface area contributed by atoms with Crippen molar-refractivity contribution in [3.8, 4) is 0 Å². The van der Waals surface area contributed by atoms with Crippen molar-refractivity contribution in [1.82, 2.24) is 5.32 Å². The summed E-state index contributed by atoms with van der Waals surface area (Å²) in [5, 5.41) is 3.00. The third kappa shape index (κ3) is 6.51. The van der Waals surface area contributed by atoms with E-state index in [1.54, 1.807) is 0 Å². The fourth-order valence-corrected chi connectivity index (χ4v) is 0.886. The van der Waals surface area contributed by atoms with Crippen LogP contribution in [-0.2, 0) is 9.53 Å². The number of hydrogen-bond acceptors (Lipinski definition) is 4. The Balaban J connectivity index is 3.39. The highest BCUT2D eigenvalue weighted by Crippen LogP contribution is 1.87. The minimum absolute atomic E-state index is 0.130. The van der Waals surface area contributed by atoms with E-state index in [-0.39, 0.29) is 6.10 Å². The molecular formula is C8H19N3O2. The molecule has 5 N–H and O–H groups in total. The van der Waals surface area contributed by atoms with E-state index in [1.165, 1.54) is 0 Å². The molecular weight excluding hydrogens is 170 g/mol. The molecule has 5 nitrogen and oxygen atoms in total. The molecule has 0 aliphatic carbocycles. The van der Waals surface area contributed by atoms with Crippen LogP contribution in [0.5, 0.6) is 0 Å². The van der Waals surface area contributed by atoms with E-state index in [1.807, 2.05) is 13.8 Å². The largest absolute Gasteiger partial charge is 0.377 e. The van der Waals surface area contributed by atoms with Crippen LogP contribution < -0.4 is 16.8 Å². The van der Waals surface area contributed by atoms with Gasteiger partial charge in [0.05, 0.1) is 12.1 Å². The number of rotatable bonds is 7. The minimum Gasteiger partial charge on any atom is -0.377 e. The van der Waals surface area contributed by atoms with E-state index in [0.717, 1.165) is 0 Å². The Labute approximate surface area is 78.8 Å². The van der Waals surface area contributed by atoms with Gasteiger partial charge in [0.15, 0.2) is 0 Å². The first-order valence-corrected chi connectivity index (χ1v) is 4.45. The molecule has 0 spiro atoms. The molecule has 0 aromatic heterocycles. The maximum atomic E-state index is 10.5. The van der Waals surface area contributed by atoms with Gasteiger partial charge in [-0.15, -0.1) is 0 Å². The van der Waals surface area contributed by atoms with Crippen molar-refractivity contribution in [3.05, 3.63) is 0 Å². The average Bonchev–Trinajstić information content (AvgIpc) is 2.04. The summed E-state index contributed by atoms with van der Waals surface area (Å²) in [5.41, 5.74) is 10.4. The molecule has 0 saturated heterocycles. The quantitative estimate of drug-likeness (QED) is 0.470. The molecule has 0 radical (unpaired) electrons. The van der Waals surface area contributed by atoms with Gasteiger partial charge >= 0.3 is 0 Å². The smallest absolute Gasteiger partial charge is 0.235 e. The summed E-state index contributed by atoms with van der Waals surface area (Å²) in [4.78, 5) is 10.5. The normalized spacial score (nSPS) is 15.3. The number of nitrogens with one attached hydrogen (secondary N) is 1. The Hall–Kier alpha value is -0.650. The zero-order chi connectivity index (χ0) is 10.3. The lowest BCUT2D eigenvalue weighted by molar-refractivity contribution is -0.119. The molecule has 0 bridgehead atoms. The van der Waals surface area contributed by atoms with Crippen molar-refractivity contribution < 1.29 is 9.53 Å². The number of ether oxygens (including phenoxy) is 1. The van der Waals surface area contributed by atoms with E-state index in [4.69, 9.17) is 16.2 Å². The van der Waals surface area contributed by atoms with E-state index in [2.05, 4.69) is 5.32 Å². The first-order chi connectivity index (χ1) is 6.07. The Bertz CT molecular complexity index is 152. The summed E-state index contributed by atoms with van der Waals surface area (Å²) in [6.45, 7) is 5.64. The molecule has 0 aliphatic heterocycles. The second-order valence-corrected chi connectivity index (χ2v) is 2.93. The van der Waals surface area contributed by atoms with Crippen LogP contribution >= 0.6 is 0 Å². The lowest BCUT2D eigenvalue weighted by atomic mass is 10.3. The van der Waals surface area contributed by atoms with Crippen molar-refractivity contribution in [1.29, 1.82) is 0 Å². The number of carbonyl (C=O) groups excluding carboxylic acids is 1. The van der Waals surface area contributed by atoms with E-state index in [0.29, 0.717) is 19.7 Å². The van der Waals surface area contributed by atoms with Crippen molar-refractivity contribution in [2.45, 2.75) is 26.0 Å². The van der Waals surface area contributed by atoms with Gasteiger partial charge in [-0.1, -0.05) is 0 Å². The SMILES string of the molecule is CCOC(C)CNCC(N)C(N)=O. The summed E-state index contributed by atoms with van der Waals surface area (Å²) >= 11 is 0. The van der Waals surface area contributed by atoms with Crippen LogP contribution in [0.15, 0.2) is 0 Å². The molecule has 0 aliphatic rings. The van der Waals surface area contributed by atoms with Crippen molar-refractivity contribution >= 4 is 5.91 Å². The molecule has 5 heteroatoms. The minimum atomic E-state index is -0.617. The van der Waals surface area contributed by atoms with Gasteiger partial charge in [0.1, 0.15) is 0 Å². The average molecular weight is 189 g/mol. The van der Waals surface area contributed by atoms with Crippen LogP contribution in [0.2, 0.25) is 0 Å². The van der Waals surface area contributed by atoms with Crippen LogP contribution in [0, 0.1) is 0 Å². The predicted molar refractivity (Wildman–Crippen MR) is 51.1 cm³/mol. The number of primary amides is 1. The molecule has 0 fully saturated rings. The van der Waals surface area contributed by atoms with E-state index < -0.39 is 11.9 Å². The predicted octanol–water partition coefficient (Wildman–Crippen LogP) is -1.19. The van der Waals surface area contributed by atoms with Crippen LogP contribution in [0.25, 0.3) is 0 Å². The Morgan fingerprint density at radius 1 is 1.54 bits per heavy atom. The second kappa shape index (κ2) is 6.82. The number of carbonyl (C=O) groups is 1. The highest BCUT2D eigenvalue weighted by atomic mass is 16.5. The zero-order valence-corrected chi connectivity index (χ0v) is 8.25. The molecule has 0 saturated carbocycles. The second-order valence-electron chi connectivity index (χ2n) is 2.93. The van der Waals surface area contributed by atoms with E-state index in [9.17, 15) is 4.79 Å². The monoisotopic (exact) mass is 189 g/mol. The highest BCUT2D eigenvalue weighted by molar-refractivity contribution is 5.79. The molecule has 0 aromatic rings. The van der Waals surface area contributed by atoms with Gasteiger partial charge in [-0.05, 0) is 13.8 Å². The summed E-state index contributed by atoms with van der Waals surface area (Å²) in [5.74, 6) is -0.489. The molecule has 0 heterocycles. The van der Waals surface area contributed by atoms with Gasteiger partial charge < -0.3 is 21.5 Å². The van der Waals surface area contributed by atoms with Gasteiger partial charge in [-0.3, -0.25) is 4.79 Å². The molecule has 1 amide bonds. The van der Waals surface area contributed by atoms with Gasteiger partial charge in [-0.25, -0.2) is 0 Å². The topological polar surface area (TPSA) is 90.4 Å². The molecule has 0 aromatic carbocycles.